The predicted octanol–water partition coefficient (Wildman–Crippen LogP) is 3.93. The third-order valence-corrected chi connectivity index (χ3v) is 3.25. The molecule has 0 saturated heterocycles. The number of carbonyl (C=O) groups is 1. The molecule has 0 aliphatic carbocycles. The van der Waals surface area contributed by atoms with E-state index in [0.717, 1.165) is 10.9 Å². The van der Waals surface area contributed by atoms with E-state index in [1.807, 2.05) is 43.0 Å². The molecule has 0 fully saturated rings. The van der Waals surface area contributed by atoms with Crippen LogP contribution in [0, 0.1) is 0 Å². The van der Waals surface area contributed by atoms with Crippen LogP contribution in [0.1, 0.15) is 30.6 Å². The highest BCUT2D eigenvalue weighted by atomic mass is 79.9. The van der Waals surface area contributed by atoms with E-state index < -0.39 is 0 Å². The van der Waals surface area contributed by atoms with Gasteiger partial charge in [-0.3, -0.25) is 4.79 Å². The average Bonchev–Trinajstić information content (AvgIpc) is 2.29. The van der Waals surface area contributed by atoms with E-state index in [1.54, 1.807) is 0 Å². The summed E-state index contributed by atoms with van der Waals surface area (Å²) < 4.78 is 0.921. The first kappa shape index (κ1) is 14.5. The molecule has 0 aliphatic rings. The summed E-state index contributed by atoms with van der Waals surface area (Å²) in [6, 6.07) is 7.65. The Morgan fingerprint density at radius 3 is 2.71 bits per heavy atom. The second-order valence-corrected chi connectivity index (χ2v) is 5.44. The maximum atomic E-state index is 12.3. The third-order valence-electron chi connectivity index (χ3n) is 2.49. The van der Waals surface area contributed by atoms with Crippen molar-refractivity contribution in [1.82, 2.24) is 4.90 Å². The largest absolute Gasteiger partial charge is 0.336 e. The Hall–Kier alpha value is -0.540. The Balaban J connectivity index is 2.84. The second kappa shape index (κ2) is 7.02. The molecule has 2 nitrogen and oxygen atoms in total. The molecule has 0 unspecified atom stereocenters. The van der Waals surface area contributed by atoms with Gasteiger partial charge < -0.3 is 4.90 Å². The van der Waals surface area contributed by atoms with Crippen molar-refractivity contribution in [2.24, 2.45) is 0 Å². The van der Waals surface area contributed by atoms with Crippen LogP contribution in [0.2, 0.25) is 0 Å². The Morgan fingerprint density at radius 1 is 1.47 bits per heavy atom. The standard InChI is InChI=1S/C13H17BrClNO/c1-10(2)16(8-4-7-15)13(17)11-5-3-6-12(14)9-11/h3,5-6,9-10H,4,7-8H2,1-2H3. The highest BCUT2D eigenvalue weighted by molar-refractivity contribution is 9.10. The smallest absolute Gasteiger partial charge is 0.254 e. The van der Waals surface area contributed by atoms with Crippen molar-refractivity contribution < 1.29 is 4.79 Å². The van der Waals surface area contributed by atoms with Crippen LogP contribution >= 0.6 is 27.5 Å². The van der Waals surface area contributed by atoms with Crippen LogP contribution in [0.25, 0.3) is 0 Å². The van der Waals surface area contributed by atoms with Crippen LogP contribution in [-0.2, 0) is 0 Å². The van der Waals surface area contributed by atoms with Crippen molar-refractivity contribution in [2.75, 3.05) is 12.4 Å². The molecule has 0 heterocycles. The minimum Gasteiger partial charge on any atom is -0.336 e. The highest BCUT2D eigenvalue weighted by Gasteiger charge is 2.18. The van der Waals surface area contributed by atoms with Gasteiger partial charge in [-0.05, 0) is 38.5 Å². The van der Waals surface area contributed by atoms with Crippen LogP contribution in [0.4, 0.5) is 0 Å². The fraction of sp³-hybridized carbons (Fsp3) is 0.462. The number of hydrogen-bond donors (Lipinski definition) is 0. The molecule has 0 N–H and O–H groups in total. The average molecular weight is 319 g/mol. The normalized spacial score (nSPS) is 10.6. The minimum absolute atomic E-state index is 0.0615. The molecule has 94 valence electrons. The SMILES string of the molecule is CC(C)N(CCCCl)C(=O)c1cccc(Br)c1. The van der Waals surface area contributed by atoms with Crippen molar-refractivity contribution in [1.29, 1.82) is 0 Å². The van der Waals surface area contributed by atoms with E-state index in [0.29, 0.717) is 18.0 Å². The second-order valence-electron chi connectivity index (χ2n) is 4.15. The zero-order valence-corrected chi connectivity index (χ0v) is 12.5. The maximum Gasteiger partial charge on any atom is 0.254 e. The van der Waals surface area contributed by atoms with Gasteiger partial charge in [0.25, 0.3) is 5.91 Å². The van der Waals surface area contributed by atoms with E-state index in [1.165, 1.54) is 0 Å². The number of hydrogen-bond acceptors (Lipinski definition) is 1. The van der Waals surface area contributed by atoms with E-state index in [4.69, 9.17) is 11.6 Å². The van der Waals surface area contributed by atoms with Gasteiger partial charge in [0, 0.05) is 28.5 Å². The molecule has 0 saturated carbocycles. The van der Waals surface area contributed by atoms with Gasteiger partial charge in [0.05, 0.1) is 0 Å². The van der Waals surface area contributed by atoms with Gasteiger partial charge in [0.15, 0.2) is 0 Å². The van der Waals surface area contributed by atoms with Gasteiger partial charge >= 0.3 is 0 Å². The third kappa shape index (κ3) is 4.32. The first-order chi connectivity index (χ1) is 8.06. The number of amides is 1. The first-order valence-corrected chi connectivity index (χ1v) is 7.01. The lowest BCUT2D eigenvalue weighted by Gasteiger charge is -2.26. The summed E-state index contributed by atoms with van der Waals surface area (Å²) in [5.41, 5.74) is 0.711. The molecular weight excluding hydrogens is 302 g/mol. The van der Waals surface area contributed by atoms with Gasteiger partial charge in [-0.2, -0.15) is 0 Å². The molecule has 0 aromatic heterocycles. The van der Waals surface area contributed by atoms with Crippen molar-refractivity contribution in [3.8, 4) is 0 Å². The van der Waals surface area contributed by atoms with Crippen molar-refractivity contribution in [3.05, 3.63) is 34.3 Å². The number of benzene rings is 1. The topological polar surface area (TPSA) is 20.3 Å². The molecule has 0 spiro atoms. The van der Waals surface area contributed by atoms with E-state index in [-0.39, 0.29) is 11.9 Å². The summed E-state index contributed by atoms with van der Waals surface area (Å²) in [5, 5.41) is 0. The van der Waals surface area contributed by atoms with Gasteiger partial charge in [0.1, 0.15) is 0 Å². The summed E-state index contributed by atoms with van der Waals surface area (Å²) in [4.78, 5) is 14.2. The number of halogens is 2. The van der Waals surface area contributed by atoms with Crippen LogP contribution < -0.4 is 0 Å². The lowest BCUT2D eigenvalue weighted by molar-refractivity contribution is 0.0706. The predicted molar refractivity (Wildman–Crippen MR) is 75.7 cm³/mol. The molecular formula is C13H17BrClNO. The lowest BCUT2D eigenvalue weighted by atomic mass is 10.1. The molecule has 0 aliphatic heterocycles. The zero-order valence-electron chi connectivity index (χ0n) is 10.1. The first-order valence-electron chi connectivity index (χ1n) is 5.68. The Bertz CT molecular complexity index is 381. The van der Waals surface area contributed by atoms with Crippen molar-refractivity contribution in [3.63, 3.8) is 0 Å². The van der Waals surface area contributed by atoms with Crippen molar-refractivity contribution >= 4 is 33.4 Å². The summed E-state index contributed by atoms with van der Waals surface area (Å²) in [6.07, 6.45) is 0.819. The van der Waals surface area contributed by atoms with Crippen LogP contribution in [0.5, 0.6) is 0 Å². The Labute approximate surface area is 116 Å². The molecule has 4 heteroatoms. The van der Waals surface area contributed by atoms with E-state index >= 15 is 0 Å². The minimum atomic E-state index is 0.0615. The summed E-state index contributed by atoms with van der Waals surface area (Å²) in [7, 11) is 0. The molecule has 17 heavy (non-hydrogen) atoms. The van der Waals surface area contributed by atoms with Gasteiger partial charge in [-0.25, -0.2) is 0 Å². The van der Waals surface area contributed by atoms with Gasteiger partial charge in [-0.1, -0.05) is 22.0 Å². The lowest BCUT2D eigenvalue weighted by Crippen LogP contribution is -2.37. The molecule has 1 rings (SSSR count). The summed E-state index contributed by atoms with van der Waals surface area (Å²) in [6.45, 7) is 4.74. The molecule has 1 aromatic carbocycles. The highest BCUT2D eigenvalue weighted by Crippen LogP contribution is 2.15. The fourth-order valence-electron chi connectivity index (χ4n) is 1.61. The summed E-state index contributed by atoms with van der Waals surface area (Å²) in [5.74, 6) is 0.640. The summed E-state index contributed by atoms with van der Waals surface area (Å²) >= 11 is 9.06. The van der Waals surface area contributed by atoms with E-state index in [9.17, 15) is 4.79 Å². The number of alkyl halides is 1. The zero-order chi connectivity index (χ0) is 12.8. The van der Waals surface area contributed by atoms with E-state index in [2.05, 4.69) is 15.9 Å². The van der Waals surface area contributed by atoms with Gasteiger partial charge in [-0.15, -0.1) is 11.6 Å². The molecule has 1 aromatic rings. The molecule has 1 amide bonds. The number of nitrogens with zero attached hydrogens (tertiary/aromatic N) is 1. The monoisotopic (exact) mass is 317 g/mol. The van der Waals surface area contributed by atoms with Crippen LogP contribution in [0.15, 0.2) is 28.7 Å². The maximum absolute atomic E-state index is 12.3. The van der Waals surface area contributed by atoms with Gasteiger partial charge in [0.2, 0.25) is 0 Å². The Kier molecular flexibility index (Phi) is 6.00. The molecule has 0 radical (unpaired) electrons. The number of carbonyl (C=O) groups excluding carboxylic acids is 1. The fourth-order valence-corrected chi connectivity index (χ4v) is 2.13. The van der Waals surface area contributed by atoms with Crippen LogP contribution in [-0.4, -0.2) is 29.3 Å². The van der Waals surface area contributed by atoms with Crippen LogP contribution in [0.3, 0.4) is 0 Å². The number of rotatable bonds is 5. The van der Waals surface area contributed by atoms with Crippen molar-refractivity contribution in [2.45, 2.75) is 26.3 Å². The quantitative estimate of drug-likeness (QED) is 0.753. The molecule has 0 bridgehead atoms. The molecule has 0 atom stereocenters. The Morgan fingerprint density at radius 2 is 2.18 bits per heavy atom.